The molecule has 116 valence electrons. The van der Waals surface area contributed by atoms with Gasteiger partial charge in [-0.25, -0.2) is 0 Å². The summed E-state index contributed by atoms with van der Waals surface area (Å²) in [5, 5.41) is 9.49. The van der Waals surface area contributed by atoms with Crippen molar-refractivity contribution in [1.29, 1.82) is 0 Å². The number of ether oxygens (including phenoxy) is 3. The molecule has 1 aromatic carbocycles. The number of hydrogen-bond acceptors (Lipinski definition) is 4. The van der Waals surface area contributed by atoms with E-state index in [1.807, 2.05) is 25.1 Å². The van der Waals surface area contributed by atoms with Gasteiger partial charge >= 0.3 is 0 Å². The van der Waals surface area contributed by atoms with Crippen molar-refractivity contribution in [3.8, 4) is 5.75 Å². The summed E-state index contributed by atoms with van der Waals surface area (Å²) in [5.41, 5.74) is 1.94. The van der Waals surface area contributed by atoms with Crippen molar-refractivity contribution >= 4 is 0 Å². The molecule has 2 aliphatic heterocycles. The molecule has 4 heteroatoms. The maximum absolute atomic E-state index is 9.49. The van der Waals surface area contributed by atoms with Gasteiger partial charge in [0.1, 0.15) is 11.9 Å². The first-order chi connectivity index (χ1) is 10.2. The lowest BCUT2D eigenvalue weighted by atomic mass is 9.85. The maximum Gasteiger partial charge on any atom is 0.125 e. The predicted molar refractivity (Wildman–Crippen MR) is 79.5 cm³/mol. The Balaban J connectivity index is 1.70. The van der Waals surface area contributed by atoms with Crippen molar-refractivity contribution in [3.05, 3.63) is 29.3 Å². The minimum Gasteiger partial charge on any atom is -0.490 e. The minimum atomic E-state index is -0.0642. The first kappa shape index (κ1) is 14.8. The van der Waals surface area contributed by atoms with E-state index in [-0.39, 0.29) is 18.3 Å². The SMILES string of the molecule is Cc1ccc(OC2CCOC3(CCOCC3)C2)c(CO)c1. The number of hydrogen-bond donors (Lipinski definition) is 1. The molecule has 2 heterocycles. The molecule has 21 heavy (non-hydrogen) atoms. The quantitative estimate of drug-likeness (QED) is 0.930. The van der Waals surface area contributed by atoms with E-state index in [0.717, 1.165) is 62.4 Å². The standard InChI is InChI=1S/C17H24O4/c1-13-2-3-16(14(10-13)12-18)21-15-4-7-20-17(11-15)5-8-19-9-6-17/h2-3,10,15,18H,4-9,11-12H2,1H3. The Bertz CT molecular complexity index is 474. The first-order valence-corrected chi connectivity index (χ1v) is 7.79. The second-order valence-corrected chi connectivity index (χ2v) is 6.15. The summed E-state index contributed by atoms with van der Waals surface area (Å²) < 4.78 is 17.7. The summed E-state index contributed by atoms with van der Waals surface area (Å²) in [4.78, 5) is 0. The van der Waals surface area contributed by atoms with Gasteiger partial charge < -0.3 is 19.3 Å². The van der Waals surface area contributed by atoms with Gasteiger partial charge in [0.25, 0.3) is 0 Å². The van der Waals surface area contributed by atoms with Crippen molar-refractivity contribution in [3.63, 3.8) is 0 Å². The molecule has 4 nitrogen and oxygen atoms in total. The number of aryl methyl sites for hydroxylation is 1. The van der Waals surface area contributed by atoms with Crippen molar-refractivity contribution in [1.82, 2.24) is 0 Å². The molecule has 0 bridgehead atoms. The average Bonchev–Trinajstić information content (AvgIpc) is 2.50. The van der Waals surface area contributed by atoms with Crippen molar-refractivity contribution in [2.45, 2.75) is 50.9 Å². The fourth-order valence-electron chi connectivity index (χ4n) is 3.30. The fraction of sp³-hybridized carbons (Fsp3) is 0.647. The molecule has 2 aliphatic rings. The van der Waals surface area contributed by atoms with Crippen LogP contribution in [0.25, 0.3) is 0 Å². The van der Waals surface area contributed by atoms with Crippen LogP contribution in [0.5, 0.6) is 5.75 Å². The molecular formula is C17H24O4. The van der Waals surface area contributed by atoms with Crippen molar-refractivity contribution in [2.24, 2.45) is 0 Å². The van der Waals surface area contributed by atoms with E-state index < -0.39 is 0 Å². The second-order valence-electron chi connectivity index (χ2n) is 6.15. The molecule has 1 unspecified atom stereocenters. The zero-order valence-electron chi connectivity index (χ0n) is 12.6. The van der Waals surface area contributed by atoms with E-state index in [1.165, 1.54) is 0 Å². The topological polar surface area (TPSA) is 47.9 Å². The largest absolute Gasteiger partial charge is 0.490 e. The third-order valence-electron chi connectivity index (χ3n) is 4.53. The minimum absolute atomic E-state index is 0.0131. The van der Waals surface area contributed by atoms with Gasteiger partial charge in [0.05, 0.1) is 18.8 Å². The highest BCUT2D eigenvalue weighted by atomic mass is 16.5. The van der Waals surface area contributed by atoms with Crippen LogP contribution < -0.4 is 4.74 Å². The lowest BCUT2D eigenvalue weighted by Crippen LogP contribution is -2.47. The normalized spacial score (nSPS) is 25.0. The Morgan fingerprint density at radius 3 is 2.86 bits per heavy atom. The number of aliphatic hydroxyl groups is 1. The van der Waals surface area contributed by atoms with Crippen LogP contribution in [-0.4, -0.2) is 36.6 Å². The molecule has 0 saturated carbocycles. The van der Waals surface area contributed by atoms with Crippen LogP contribution in [0.3, 0.4) is 0 Å². The first-order valence-electron chi connectivity index (χ1n) is 7.79. The van der Waals surface area contributed by atoms with Gasteiger partial charge in [-0.2, -0.15) is 0 Å². The Hall–Kier alpha value is -1.10. The zero-order chi connectivity index (χ0) is 14.7. The van der Waals surface area contributed by atoms with Gasteiger partial charge in [-0.05, 0) is 25.8 Å². The average molecular weight is 292 g/mol. The molecule has 1 N–H and O–H groups in total. The van der Waals surface area contributed by atoms with E-state index in [9.17, 15) is 5.11 Å². The Morgan fingerprint density at radius 2 is 2.10 bits per heavy atom. The van der Waals surface area contributed by atoms with Crippen LogP contribution in [0, 0.1) is 6.92 Å². The number of rotatable bonds is 3. The molecule has 2 fully saturated rings. The van der Waals surface area contributed by atoms with Gasteiger partial charge in [0, 0.05) is 31.6 Å². The summed E-state index contributed by atoms with van der Waals surface area (Å²) in [7, 11) is 0. The predicted octanol–water partition coefficient (Wildman–Crippen LogP) is 2.59. The van der Waals surface area contributed by atoms with Crippen LogP contribution in [-0.2, 0) is 16.1 Å². The van der Waals surface area contributed by atoms with Crippen LogP contribution in [0.2, 0.25) is 0 Å². The summed E-state index contributed by atoms with van der Waals surface area (Å²) in [6.45, 7) is 4.33. The van der Waals surface area contributed by atoms with Crippen molar-refractivity contribution < 1.29 is 19.3 Å². The third kappa shape index (κ3) is 3.39. The molecule has 0 aliphatic carbocycles. The van der Waals surface area contributed by atoms with Gasteiger partial charge in [-0.15, -0.1) is 0 Å². The van der Waals surface area contributed by atoms with Gasteiger partial charge in [-0.3, -0.25) is 0 Å². The Kier molecular flexibility index (Phi) is 4.48. The van der Waals surface area contributed by atoms with E-state index in [0.29, 0.717) is 0 Å². The summed E-state index contributed by atoms with van der Waals surface area (Å²) in [6.07, 6.45) is 3.88. The van der Waals surface area contributed by atoms with Crippen molar-refractivity contribution in [2.75, 3.05) is 19.8 Å². The monoisotopic (exact) mass is 292 g/mol. The molecule has 3 rings (SSSR count). The highest BCUT2D eigenvalue weighted by Crippen LogP contribution is 2.36. The summed E-state index contributed by atoms with van der Waals surface area (Å²) in [6, 6.07) is 5.98. The Morgan fingerprint density at radius 1 is 1.29 bits per heavy atom. The summed E-state index contributed by atoms with van der Waals surface area (Å²) in [5.74, 6) is 0.803. The molecule has 0 aromatic heterocycles. The van der Waals surface area contributed by atoms with Crippen LogP contribution in [0.4, 0.5) is 0 Å². The second kappa shape index (κ2) is 6.34. The van der Waals surface area contributed by atoms with Crippen LogP contribution in [0.15, 0.2) is 18.2 Å². The Labute approximate surface area is 126 Å². The molecule has 1 aromatic rings. The molecule has 0 radical (unpaired) electrons. The highest BCUT2D eigenvalue weighted by Gasteiger charge is 2.40. The van der Waals surface area contributed by atoms with Gasteiger partial charge in [0.15, 0.2) is 0 Å². The van der Waals surface area contributed by atoms with E-state index in [4.69, 9.17) is 14.2 Å². The van der Waals surface area contributed by atoms with Crippen LogP contribution in [0.1, 0.15) is 36.8 Å². The van der Waals surface area contributed by atoms with E-state index >= 15 is 0 Å². The molecule has 1 atom stereocenters. The van der Waals surface area contributed by atoms with Gasteiger partial charge in [-0.1, -0.05) is 17.7 Å². The zero-order valence-corrected chi connectivity index (χ0v) is 12.6. The lowest BCUT2D eigenvalue weighted by Gasteiger charge is -2.43. The number of benzene rings is 1. The fourth-order valence-corrected chi connectivity index (χ4v) is 3.30. The van der Waals surface area contributed by atoms with Crippen LogP contribution >= 0.6 is 0 Å². The van der Waals surface area contributed by atoms with E-state index in [1.54, 1.807) is 0 Å². The maximum atomic E-state index is 9.49. The lowest BCUT2D eigenvalue weighted by molar-refractivity contribution is -0.155. The summed E-state index contributed by atoms with van der Waals surface area (Å²) >= 11 is 0. The molecule has 1 spiro atoms. The highest BCUT2D eigenvalue weighted by molar-refractivity contribution is 5.36. The van der Waals surface area contributed by atoms with E-state index in [2.05, 4.69) is 0 Å². The number of aliphatic hydroxyl groups excluding tert-OH is 1. The smallest absolute Gasteiger partial charge is 0.125 e. The molecular weight excluding hydrogens is 268 g/mol. The third-order valence-corrected chi connectivity index (χ3v) is 4.53. The molecule has 0 amide bonds. The van der Waals surface area contributed by atoms with Gasteiger partial charge in [0.2, 0.25) is 0 Å². The molecule has 2 saturated heterocycles.